The average Bonchev–Trinajstić information content (AvgIpc) is 2.66. The standard InChI is InChI=1S/C17H19ClFN5O2/c18-13-11-12(1-2-14(13)19)22-16(25)15-3-4-20-17(23-15)21-5-6-24-7-9-26-10-8-24/h1-4,11H,5-10H2,(H,22,25)(H,20,21,23). The van der Waals surface area contributed by atoms with E-state index in [9.17, 15) is 9.18 Å². The molecule has 1 amide bonds. The molecule has 0 unspecified atom stereocenters. The van der Waals surface area contributed by atoms with E-state index < -0.39 is 11.7 Å². The molecule has 2 heterocycles. The smallest absolute Gasteiger partial charge is 0.274 e. The summed E-state index contributed by atoms with van der Waals surface area (Å²) in [6, 6.07) is 5.48. The van der Waals surface area contributed by atoms with E-state index >= 15 is 0 Å². The van der Waals surface area contributed by atoms with Crippen molar-refractivity contribution in [1.29, 1.82) is 0 Å². The Morgan fingerprint density at radius 2 is 2.12 bits per heavy atom. The molecule has 1 aliphatic rings. The molecule has 3 rings (SSSR count). The van der Waals surface area contributed by atoms with Crippen molar-refractivity contribution in [2.75, 3.05) is 50.0 Å². The lowest BCUT2D eigenvalue weighted by atomic mass is 10.3. The van der Waals surface area contributed by atoms with Gasteiger partial charge in [0.25, 0.3) is 5.91 Å². The van der Waals surface area contributed by atoms with Gasteiger partial charge in [-0.2, -0.15) is 0 Å². The summed E-state index contributed by atoms with van der Waals surface area (Å²) in [6.07, 6.45) is 1.51. The predicted molar refractivity (Wildman–Crippen MR) is 97.1 cm³/mol. The van der Waals surface area contributed by atoms with Gasteiger partial charge < -0.3 is 15.4 Å². The van der Waals surface area contributed by atoms with E-state index in [0.29, 0.717) is 18.2 Å². The first-order valence-corrected chi connectivity index (χ1v) is 8.63. The Labute approximate surface area is 155 Å². The summed E-state index contributed by atoms with van der Waals surface area (Å²) in [5.74, 6) is -0.590. The lowest BCUT2D eigenvalue weighted by molar-refractivity contribution is 0.0398. The zero-order valence-corrected chi connectivity index (χ0v) is 14.8. The van der Waals surface area contributed by atoms with E-state index in [4.69, 9.17) is 16.3 Å². The quantitative estimate of drug-likeness (QED) is 0.801. The Hall–Kier alpha value is -2.29. The third kappa shape index (κ3) is 5.10. The average molecular weight is 380 g/mol. The summed E-state index contributed by atoms with van der Waals surface area (Å²) in [6.45, 7) is 4.82. The molecule has 0 bridgehead atoms. The highest BCUT2D eigenvalue weighted by molar-refractivity contribution is 6.31. The molecule has 1 saturated heterocycles. The fourth-order valence-corrected chi connectivity index (χ4v) is 2.67. The molecular weight excluding hydrogens is 361 g/mol. The number of hydrogen-bond acceptors (Lipinski definition) is 6. The van der Waals surface area contributed by atoms with Gasteiger partial charge in [-0.25, -0.2) is 14.4 Å². The summed E-state index contributed by atoms with van der Waals surface area (Å²) in [7, 11) is 0. The molecule has 0 aliphatic carbocycles. The Kier molecular flexibility index (Phi) is 6.32. The Morgan fingerprint density at radius 3 is 2.88 bits per heavy atom. The maximum Gasteiger partial charge on any atom is 0.274 e. The number of rotatable bonds is 6. The summed E-state index contributed by atoms with van der Waals surface area (Å²) in [5.41, 5.74) is 0.594. The van der Waals surface area contributed by atoms with Gasteiger partial charge in [-0.3, -0.25) is 9.69 Å². The molecule has 1 fully saturated rings. The van der Waals surface area contributed by atoms with Gasteiger partial charge in [0.15, 0.2) is 0 Å². The zero-order valence-electron chi connectivity index (χ0n) is 14.0. The van der Waals surface area contributed by atoms with Crippen molar-refractivity contribution in [3.63, 3.8) is 0 Å². The lowest BCUT2D eigenvalue weighted by Crippen LogP contribution is -2.39. The Morgan fingerprint density at radius 1 is 1.31 bits per heavy atom. The summed E-state index contributed by atoms with van der Waals surface area (Å²) >= 11 is 5.72. The SMILES string of the molecule is O=C(Nc1ccc(F)c(Cl)c1)c1ccnc(NCCN2CCOCC2)n1. The molecule has 0 radical (unpaired) electrons. The summed E-state index contributed by atoms with van der Waals surface area (Å²) in [5, 5.41) is 5.68. The number of morpholine rings is 1. The number of nitrogens with one attached hydrogen (secondary N) is 2. The molecule has 0 saturated carbocycles. The second-order valence-corrected chi connectivity index (χ2v) is 6.14. The van der Waals surface area contributed by atoms with E-state index in [1.165, 1.54) is 30.5 Å². The molecule has 138 valence electrons. The Bertz CT molecular complexity index is 771. The number of nitrogens with zero attached hydrogens (tertiary/aromatic N) is 3. The summed E-state index contributed by atoms with van der Waals surface area (Å²) < 4.78 is 18.5. The highest BCUT2D eigenvalue weighted by Gasteiger charge is 2.12. The highest BCUT2D eigenvalue weighted by atomic mass is 35.5. The summed E-state index contributed by atoms with van der Waals surface area (Å²) in [4.78, 5) is 22.9. The van der Waals surface area contributed by atoms with Gasteiger partial charge in [0.2, 0.25) is 5.95 Å². The number of anilines is 2. The van der Waals surface area contributed by atoms with Crippen LogP contribution in [0, 0.1) is 5.82 Å². The van der Waals surface area contributed by atoms with Crippen LogP contribution in [-0.4, -0.2) is 60.2 Å². The minimum Gasteiger partial charge on any atom is -0.379 e. The third-order valence-corrected chi connectivity index (χ3v) is 4.17. The minimum atomic E-state index is -0.543. The lowest BCUT2D eigenvalue weighted by Gasteiger charge is -2.26. The molecule has 26 heavy (non-hydrogen) atoms. The van der Waals surface area contributed by atoms with Gasteiger partial charge in [-0.05, 0) is 24.3 Å². The second-order valence-electron chi connectivity index (χ2n) is 5.73. The number of carbonyl (C=O) groups excluding carboxylic acids is 1. The van der Waals surface area contributed by atoms with Crippen molar-refractivity contribution in [2.24, 2.45) is 0 Å². The van der Waals surface area contributed by atoms with Crippen LogP contribution in [0.3, 0.4) is 0 Å². The molecule has 2 aromatic rings. The van der Waals surface area contributed by atoms with Crippen LogP contribution in [0.15, 0.2) is 30.5 Å². The van der Waals surface area contributed by atoms with Gasteiger partial charge in [0, 0.05) is 38.1 Å². The molecule has 7 nitrogen and oxygen atoms in total. The number of carbonyl (C=O) groups is 1. The normalized spacial score (nSPS) is 14.8. The van der Waals surface area contributed by atoms with Crippen molar-refractivity contribution >= 4 is 29.1 Å². The number of amides is 1. The molecule has 1 aromatic carbocycles. The number of ether oxygens (including phenoxy) is 1. The van der Waals surface area contributed by atoms with Crippen LogP contribution >= 0.6 is 11.6 Å². The van der Waals surface area contributed by atoms with Crippen LogP contribution in [0.2, 0.25) is 5.02 Å². The van der Waals surface area contributed by atoms with Gasteiger partial charge in [0.05, 0.1) is 18.2 Å². The predicted octanol–water partition coefficient (Wildman–Crippen LogP) is 2.27. The third-order valence-electron chi connectivity index (χ3n) is 3.88. The van der Waals surface area contributed by atoms with Crippen molar-refractivity contribution in [2.45, 2.75) is 0 Å². The fourth-order valence-electron chi connectivity index (χ4n) is 2.49. The topological polar surface area (TPSA) is 79.4 Å². The monoisotopic (exact) mass is 379 g/mol. The van der Waals surface area contributed by atoms with Crippen LogP contribution in [0.5, 0.6) is 0 Å². The first kappa shape index (κ1) is 18.5. The first-order chi connectivity index (χ1) is 12.6. The molecule has 1 aliphatic heterocycles. The van der Waals surface area contributed by atoms with E-state index in [2.05, 4.69) is 25.5 Å². The van der Waals surface area contributed by atoms with Crippen molar-refractivity contribution in [1.82, 2.24) is 14.9 Å². The minimum absolute atomic E-state index is 0.0593. The van der Waals surface area contributed by atoms with Crippen molar-refractivity contribution < 1.29 is 13.9 Å². The van der Waals surface area contributed by atoms with E-state index in [-0.39, 0.29) is 10.7 Å². The van der Waals surface area contributed by atoms with E-state index in [1.54, 1.807) is 0 Å². The van der Waals surface area contributed by atoms with Crippen molar-refractivity contribution in [3.8, 4) is 0 Å². The highest BCUT2D eigenvalue weighted by Crippen LogP contribution is 2.19. The number of aromatic nitrogens is 2. The first-order valence-electron chi connectivity index (χ1n) is 8.25. The molecular formula is C17H19ClFN5O2. The van der Waals surface area contributed by atoms with Crippen LogP contribution in [0.25, 0.3) is 0 Å². The van der Waals surface area contributed by atoms with Crippen LogP contribution < -0.4 is 10.6 Å². The van der Waals surface area contributed by atoms with Crippen LogP contribution in [-0.2, 0) is 4.74 Å². The largest absolute Gasteiger partial charge is 0.379 e. The molecule has 1 aromatic heterocycles. The number of hydrogen-bond donors (Lipinski definition) is 2. The number of benzene rings is 1. The van der Waals surface area contributed by atoms with Gasteiger partial charge in [-0.15, -0.1) is 0 Å². The zero-order chi connectivity index (χ0) is 18.4. The second kappa shape index (κ2) is 8.88. The van der Waals surface area contributed by atoms with E-state index in [1.807, 2.05) is 0 Å². The number of halogens is 2. The van der Waals surface area contributed by atoms with Crippen LogP contribution in [0.4, 0.5) is 16.0 Å². The molecule has 0 spiro atoms. The van der Waals surface area contributed by atoms with Crippen molar-refractivity contribution in [3.05, 3.63) is 47.0 Å². The molecule has 0 atom stereocenters. The van der Waals surface area contributed by atoms with Crippen LogP contribution in [0.1, 0.15) is 10.5 Å². The molecule has 9 heteroatoms. The van der Waals surface area contributed by atoms with Gasteiger partial charge in [-0.1, -0.05) is 11.6 Å². The fraction of sp³-hybridized carbons (Fsp3) is 0.353. The molecule has 2 N–H and O–H groups in total. The maximum absolute atomic E-state index is 13.2. The Balaban J connectivity index is 1.55. The van der Waals surface area contributed by atoms with E-state index in [0.717, 1.165) is 32.8 Å². The maximum atomic E-state index is 13.2. The van der Waals surface area contributed by atoms with Gasteiger partial charge >= 0.3 is 0 Å². The van der Waals surface area contributed by atoms with Gasteiger partial charge in [0.1, 0.15) is 11.5 Å².